The number of benzodiazepines with no additional fused rings is 1. The minimum absolute atomic E-state index is 0.0547. The molecule has 1 atom stereocenters. The van der Waals surface area contributed by atoms with Crippen LogP contribution in [-0.2, 0) is 22.4 Å². The second kappa shape index (κ2) is 8.08. The quantitative estimate of drug-likeness (QED) is 0.599. The van der Waals surface area contributed by atoms with Crippen LogP contribution in [0, 0.1) is 0 Å². The molecule has 1 unspecified atom stereocenters. The number of hydrogen-bond donors (Lipinski definition) is 1. The van der Waals surface area contributed by atoms with E-state index < -0.39 is 6.04 Å². The molecule has 0 fully saturated rings. The Morgan fingerprint density at radius 1 is 1.03 bits per heavy atom. The highest BCUT2D eigenvalue weighted by atomic mass is 35.5. The van der Waals surface area contributed by atoms with Gasteiger partial charge in [-0.05, 0) is 47.5 Å². The lowest BCUT2D eigenvalue weighted by molar-refractivity contribution is -0.118. The van der Waals surface area contributed by atoms with Crippen LogP contribution in [0.15, 0.2) is 65.7 Å². The Hall–Kier alpha value is -3.15. The monoisotopic (exact) mass is 463 g/mol. The maximum Gasteiger partial charge on any atom is 0.249 e. The van der Waals surface area contributed by atoms with Gasteiger partial charge < -0.3 is 10.2 Å². The van der Waals surface area contributed by atoms with Gasteiger partial charge in [0.15, 0.2) is 0 Å². The number of fused-ring (bicyclic) bond motifs is 2. The lowest BCUT2D eigenvalue weighted by Crippen LogP contribution is -2.27. The lowest BCUT2D eigenvalue weighted by atomic mass is 9.98. The smallest absolute Gasteiger partial charge is 0.249 e. The van der Waals surface area contributed by atoms with E-state index in [1.807, 2.05) is 36.4 Å². The molecule has 5 rings (SSSR count). The molecule has 2 amide bonds. The number of nitrogens with zero attached hydrogens (tertiary/aromatic N) is 2. The van der Waals surface area contributed by atoms with Crippen molar-refractivity contribution in [3.05, 3.63) is 93.0 Å². The highest BCUT2D eigenvalue weighted by molar-refractivity contribution is 6.32. The van der Waals surface area contributed by atoms with E-state index in [1.54, 1.807) is 36.2 Å². The average Bonchev–Trinajstić information content (AvgIpc) is 2.97. The van der Waals surface area contributed by atoms with Gasteiger partial charge in [0, 0.05) is 40.3 Å². The molecule has 5 nitrogen and oxygen atoms in total. The van der Waals surface area contributed by atoms with Gasteiger partial charge in [0.25, 0.3) is 0 Å². The molecular formula is C25H19Cl2N3O2. The van der Waals surface area contributed by atoms with E-state index in [0.717, 1.165) is 27.9 Å². The van der Waals surface area contributed by atoms with Crippen molar-refractivity contribution in [3.63, 3.8) is 0 Å². The van der Waals surface area contributed by atoms with Crippen LogP contribution < -0.4 is 10.2 Å². The summed E-state index contributed by atoms with van der Waals surface area (Å²) >= 11 is 12.4. The number of carbonyl (C=O) groups excluding carboxylic acids is 2. The zero-order valence-electron chi connectivity index (χ0n) is 17.2. The largest absolute Gasteiger partial charge is 0.324 e. The van der Waals surface area contributed by atoms with Crippen molar-refractivity contribution >= 4 is 52.1 Å². The predicted octanol–water partition coefficient (Wildman–Crippen LogP) is 4.91. The highest BCUT2D eigenvalue weighted by Gasteiger charge is 2.29. The van der Waals surface area contributed by atoms with Gasteiger partial charge in [0.2, 0.25) is 11.8 Å². The predicted molar refractivity (Wildman–Crippen MR) is 128 cm³/mol. The average molecular weight is 464 g/mol. The van der Waals surface area contributed by atoms with Gasteiger partial charge in [-0.15, -0.1) is 0 Å². The van der Waals surface area contributed by atoms with E-state index in [9.17, 15) is 9.59 Å². The summed E-state index contributed by atoms with van der Waals surface area (Å²) in [6, 6.07) is 18.0. The Kier molecular flexibility index (Phi) is 5.24. The first-order chi connectivity index (χ1) is 15.4. The van der Waals surface area contributed by atoms with E-state index in [2.05, 4.69) is 5.32 Å². The molecule has 2 heterocycles. The first kappa shape index (κ1) is 20.7. The van der Waals surface area contributed by atoms with Gasteiger partial charge in [-0.1, -0.05) is 47.5 Å². The summed E-state index contributed by atoms with van der Waals surface area (Å²) in [6.45, 7) is 0. The van der Waals surface area contributed by atoms with Crippen molar-refractivity contribution < 1.29 is 9.59 Å². The maximum atomic E-state index is 13.1. The van der Waals surface area contributed by atoms with Gasteiger partial charge in [-0.25, -0.2) is 0 Å². The molecular weight excluding hydrogens is 445 g/mol. The van der Waals surface area contributed by atoms with Gasteiger partial charge in [0.1, 0.15) is 6.04 Å². The highest BCUT2D eigenvalue weighted by Crippen LogP contribution is 2.33. The maximum absolute atomic E-state index is 13.1. The van der Waals surface area contributed by atoms with Crippen LogP contribution in [0.1, 0.15) is 22.3 Å². The standard InChI is InChI=1S/C25H19Cl2N3O2/c1-30-22-11-16(6-5-15(22)12-23(30)31)24-19-13-18(27)7-8-20(19)29-25(32)21(28-24)10-14-3-2-4-17(26)9-14/h2-9,11,13,21H,10,12H2,1H3,(H,29,32). The van der Waals surface area contributed by atoms with Crippen LogP contribution >= 0.6 is 23.2 Å². The van der Waals surface area contributed by atoms with Crippen molar-refractivity contribution in [2.24, 2.45) is 4.99 Å². The summed E-state index contributed by atoms with van der Waals surface area (Å²) in [5.41, 5.74) is 5.62. The van der Waals surface area contributed by atoms with Crippen molar-refractivity contribution in [1.82, 2.24) is 0 Å². The number of hydrogen-bond acceptors (Lipinski definition) is 3. The van der Waals surface area contributed by atoms with E-state index >= 15 is 0 Å². The summed E-state index contributed by atoms with van der Waals surface area (Å²) in [6.07, 6.45) is 0.791. The third kappa shape index (κ3) is 3.78. The Morgan fingerprint density at radius 3 is 2.66 bits per heavy atom. The van der Waals surface area contributed by atoms with Crippen LogP contribution in [0.3, 0.4) is 0 Å². The number of benzene rings is 3. The van der Waals surface area contributed by atoms with E-state index in [-0.39, 0.29) is 11.8 Å². The number of carbonyl (C=O) groups is 2. The molecule has 1 N–H and O–H groups in total. The fraction of sp³-hybridized carbons (Fsp3) is 0.160. The van der Waals surface area contributed by atoms with Gasteiger partial charge in [-0.3, -0.25) is 14.6 Å². The van der Waals surface area contributed by atoms with Crippen molar-refractivity contribution in [3.8, 4) is 0 Å². The Balaban J connectivity index is 1.64. The number of rotatable bonds is 3. The van der Waals surface area contributed by atoms with Crippen LogP contribution in [0.2, 0.25) is 10.0 Å². The molecule has 0 saturated heterocycles. The molecule has 0 aliphatic carbocycles. The minimum Gasteiger partial charge on any atom is -0.324 e. The Morgan fingerprint density at radius 2 is 1.84 bits per heavy atom. The zero-order valence-corrected chi connectivity index (χ0v) is 18.7. The van der Waals surface area contributed by atoms with Crippen molar-refractivity contribution in [1.29, 1.82) is 0 Å². The fourth-order valence-corrected chi connectivity index (χ4v) is 4.55. The molecule has 32 heavy (non-hydrogen) atoms. The third-order valence-corrected chi connectivity index (χ3v) is 6.31. The Labute approximate surface area is 195 Å². The molecule has 3 aromatic rings. The number of aliphatic imine (C=N–C) groups is 1. The van der Waals surface area contributed by atoms with Crippen molar-refractivity contribution in [2.45, 2.75) is 18.9 Å². The number of amides is 2. The van der Waals surface area contributed by atoms with Gasteiger partial charge in [0.05, 0.1) is 17.8 Å². The van der Waals surface area contributed by atoms with Crippen LogP contribution in [0.25, 0.3) is 0 Å². The van der Waals surface area contributed by atoms with E-state index in [0.29, 0.717) is 34.3 Å². The third-order valence-electron chi connectivity index (χ3n) is 5.84. The molecule has 3 aromatic carbocycles. The molecule has 0 radical (unpaired) electrons. The molecule has 2 aliphatic heterocycles. The lowest BCUT2D eigenvalue weighted by Gasteiger charge is -2.14. The number of anilines is 2. The van der Waals surface area contributed by atoms with Crippen molar-refractivity contribution in [2.75, 3.05) is 17.3 Å². The summed E-state index contributed by atoms with van der Waals surface area (Å²) in [5.74, 6) is -0.143. The number of nitrogens with one attached hydrogen (secondary N) is 1. The number of halogens is 2. The number of likely N-dealkylation sites (N-methyl/N-ethyl adjacent to an activating group) is 1. The second-order valence-electron chi connectivity index (χ2n) is 7.98. The van der Waals surface area contributed by atoms with Crippen LogP contribution in [0.4, 0.5) is 11.4 Å². The van der Waals surface area contributed by atoms with Crippen LogP contribution in [-0.4, -0.2) is 30.6 Å². The topological polar surface area (TPSA) is 61.8 Å². The SMILES string of the molecule is CN1C(=O)Cc2ccc(C3=NC(Cc4cccc(Cl)c4)C(=O)Nc4ccc(Cl)cc43)cc21. The normalized spacial score (nSPS) is 17.4. The second-order valence-corrected chi connectivity index (χ2v) is 8.85. The summed E-state index contributed by atoms with van der Waals surface area (Å²) in [5, 5.41) is 4.15. The first-order valence-electron chi connectivity index (χ1n) is 10.2. The van der Waals surface area contributed by atoms with Gasteiger partial charge in [-0.2, -0.15) is 0 Å². The molecule has 0 bridgehead atoms. The van der Waals surface area contributed by atoms with Crippen LogP contribution in [0.5, 0.6) is 0 Å². The van der Waals surface area contributed by atoms with Gasteiger partial charge >= 0.3 is 0 Å². The molecule has 0 saturated carbocycles. The summed E-state index contributed by atoms with van der Waals surface area (Å²) in [4.78, 5) is 31.8. The summed E-state index contributed by atoms with van der Waals surface area (Å²) < 4.78 is 0. The zero-order chi connectivity index (χ0) is 22.4. The summed E-state index contributed by atoms with van der Waals surface area (Å²) in [7, 11) is 1.77. The Bertz CT molecular complexity index is 1300. The molecule has 7 heteroatoms. The fourth-order valence-electron chi connectivity index (χ4n) is 4.17. The molecule has 2 aliphatic rings. The first-order valence-corrected chi connectivity index (χ1v) is 11.0. The molecule has 0 aromatic heterocycles. The van der Waals surface area contributed by atoms with E-state index in [1.165, 1.54) is 0 Å². The molecule has 0 spiro atoms. The molecule has 160 valence electrons. The van der Waals surface area contributed by atoms with E-state index in [4.69, 9.17) is 28.2 Å². The minimum atomic E-state index is -0.651.